The van der Waals surface area contributed by atoms with Gasteiger partial charge in [-0.25, -0.2) is 9.97 Å². The summed E-state index contributed by atoms with van der Waals surface area (Å²) < 4.78 is 5.56. The molecule has 0 atom stereocenters. The number of ether oxygens (including phenoxy) is 1. The molecule has 5 heteroatoms. The fraction of sp³-hybridized carbons (Fsp3) is 0.286. The van der Waals surface area contributed by atoms with Crippen LogP contribution in [0.15, 0.2) is 30.5 Å². The van der Waals surface area contributed by atoms with Crippen LogP contribution in [0, 0.1) is 6.92 Å². The highest BCUT2D eigenvalue weighted by atomic mass is 35.5. The van der Waals surface area contributed by atoms with Crippen molar-refractivity contribution in [1.29, 1.82) is 0 Å². The minimum absolute atomic E-state index is 0.386. The summed E-state index contributed by atoms with van der Waals surface area (Å²) in [6.07, 6.45) is 1.78. The zero-order valence-corrected chi connectivity index (χ0v) is 11.7. The van der Waals surface area contributed by atoms with Crippen molar-refractivity contribution in [2.24, 2.45) is 0 Å². The molecule has 0 amide bonds. The Balaban J connectivity index is 2.02. The molecule has 1 aromatic carbocycles. The highest BCUT2D eigenvalue weighted by Gasteiger charge is 2.04. The molecule has 19 heavy (non-hydrogen) atoms. The molecule has 0 unspecified atom stereocenters. The van der Waals surface area contributed by atoms with Gasteiger partial charge in [-0.2, -0.15) is 0 Å². The van der Waals surface area contributed by atoms with Gasteiger partial charge in [-0.1, -0.05) is 23.7 Å². The Morgan fingerprint density at radius 3 is 2.89 bits per heavy atom. The number of aryl methyl sites for hydroxylation is 1. The first-order chi connectivity index (χ1) is 9.19. The standard InChI is InChI=1S/C14H16ClN3O/c1-10-12(7-16-2)8-17-14(18-10)19-9-11-4-3-5-13(15)6-11/h3-6,8,16H,7,9H2,1-2H3. The van der Waals surface area contributed by atoms with E-state index in [1.807, 2.05) is 38.2 Å². The van der Waals surface area contributed by atoms with Crippen molar-refractivity contribution in [3.8, 4) is 6.01 Å². The van der Waals surface area contributed by atoms with Gasteiger partial charge in [0.1, 0.15) is 6.61 Å². The second-order valence-corrected chi connectivity index (χ2v) is 4.65. The molecule has 1 aromatic heterocycles. The van der Waals surface area contributed by atoms with Gasteiger partial charge in [0.2, 0.25) is 0 Å². The van der Waals surface area contributed by atoms with Gasteiger partial charge in [0.25, 0.3) is 0 Å². The van der Waals surface area contributed by atoms with Crippen LogP contribution in [0.25, 0.3) is 0 Å². The lowest BCUT2D eigenvalue weighted by Gasteiger charge is -2.08. The van der Waals surface area contributed by atoms with Crippen LogP contribution in [-0.4, -0.2) is 17.0 Å². The first-order valence-electron chi connectivity index (χ1n) is 6.03. The van der Waals surface area contributed by atoms with Crippen LogP contribution in [0.1, 0.15) is 16.8 Å². The predicted molar refractivity (Wildman–Crippen MR) is 75.3 cm³/mol. The van der Waals surface area contributed by atoms with E-state index in [1.54, 1.807) is 6.20 Å². The van der Waals surface area contributed by atoms with Crippen molar-refractivity contribution in [2.75, 3.05) is 7.05 Å². The lowest BCUT2D eigenvalue weighted by Crippen LogP contribution is -2.09. The second kappa shape index (κ2) is 6.50. The Morgan fingerprint density at radius 2 is 2.21 bits per heavy atom. The van der Waals surface area contributed by atoms with Gasteiger partial charge in [0.05, 0.1) is 0 Å². The van der Waals surface area contributed by atoms with Crippen molar-refractivity contribution in [3.63, 3.8) is 0 Å². The molecule has 2 rings (SSSR count). The van der Waals surface area contributed by atoms with Gasteiger partial charge >= 0.3 is 6.01 Å². The Labute approximate surface area is 117 Å². The summed E-state index contributed by atoms with van der Waals surface area (Å²) in [5.74, 6) is 0. The summed E-state index contributed by atoms with van der Waals surface area (Å²) in [6.45, 7) is 3.10. The van der Waals surface area contributed by atoms with Crippen LogP contribution < -0.4 is 10.1 Å². The number of aromatic nitrogens is 2. The Bertz CT molecular complexity index is 560. The fourth-order valence-corrected chi connectivity index (χ4v) is 1.89. The Morgan fingerprint density at radius 1 is 1.37 bits per heavy atom. The minimum Gasteiger partial charge on any atom is -0.459 e. The van der Waals surface area contributed by atoms with E-state index < -0.39 is 0 Å². The van der Waals surface area contributed by atoms with Crippen LogP contribution in [0.5, 0.6) is 6.01 Å². The van der Waals surface area contributed by atoms with Crippen LogP contribution in [-0.2, 0) is 13.2 Å². The third-order valence-electron chi connectivity index (χ3n) is 2.68. The van der Waals surface area contributed by atoms with Crippen molar-refractivity contribution < 1.29 is 4.74 Å². The lowest BCUT2D eigenvalue weighted by atomic mass is 10.2. The lowest BCUT2D eigenvalue weighted by molar-refractivity contribution is 0.279. The van der Waals surface area contributed by atoms with Crippen LogP contribution in [0.4, 0.5) is 0 Å². The molecule has 0 aliphatic rings. The van der Waals surface area contributed by atoms with E-state index in [1.165, 1.54) is 0 Å². The maximum absolute atomic E-state index is 5.91. The van der Waals surface area contributed by atoms with E-state index in [0.29, 0.717) is 17.6 Å². The molecule has 0 saturated heterocycles. The van der Waals surface area contributed by atoms with Crippen LogP contribution in [0.3, 0.4) is 0 Å². The SMILES string of the molecule is CNCc1cnc(OCc2cccc(Cl)c2)nc1C. The summed E-state index contributed by atoms with van der Waals surface area (Å²) in [5.41, 5.74) is 2.98. The van der Waals surface area contributed by atoms with Crippen molar-refractivity contribution in [3.05, 3.63) is 52.3 Å². The highest BCUT2D eigenvalue weighted by Crippen LogP contribution is 2.13. The minimum atomic E-state index is 0.386. The summed E-state index contributed by atoms with van der Waals surface area (Å²) in [7, 11) is 1.89. The summed E-state index contributed by atoms with van der Waals surface area (Å²) in [5, 5.41) is 3.77. The fourth-order valence-electron chi connectivity index (χ4n) is 1.68. The molecule has 100 valence electrons. The maximum atomic E-state index is 5.91. The van der Waals surface area contributed by atoms with E-state index in [-0.39, 0.29) is 0 Å². The molecule has 1 heterocycles. The number of hydrogen-bond acceptors (Lipinski definition) is 4. The monoisotopic (exact) mass is 277 g/mol. The summed E-state index contributed by atoms with van der Waals surface area (Å²) >= 11 is 5.91. The zero-order valence-electron chi connectivity index (χ0n) is 11.0. The molecule has 4 nitrogen and oxygen atoms in total. The van der Waals surface area contributed by atoms with Crippen molar-refractivity contribution in [1.82, 2.24) is 15.3 Å². The quantitative estimate of drug-likeness (QED) is 0.913. The Hall–Kier alpha value is -1.65. The molecule has 1 N–H and O–H groups in total. The van der Waals surface area contributed by atoms with E-state index in [4.69, 9.17) is 16.3 Å². The first-order valence-corrected chi connectivity index (χ1v) is 6.41. The average molecular weight is 278 g/mol. The second-order valence-electron chi connectivity index (χ2n) is 4.21. The summed E-state index contributed by atoms with van der Waals surface area (Å²) in [4.78, 5) is 8.51. The Kier molecular flexibility index (Phi) is 4.71. The van der Waals surface area contributed by atoms with E-state index in [2.05, 4.69) is 15.3 Å². The van der Waals surface area contributed by atoms with Gasteiger partial charge in [0, 0.05) is 29.0 Å². The van der Waals surface area contributed by atoms with E-state index in [0.717, 1.165) is 23.4 Å². The molecule has 0 aliphatic heterocycles. The normalized spacial score (nSPS) is 10.5. The molecular formula is C14H16ClN3O. The van der Waals surface area contributed by atoms with Crippen LogP contribution >= 0.6 is 11.6 Å². The molecule has 2 aromatic rings. The third-order valence-corrected chi connectivity index (χ3v) is 2.92. The van der Waals surface area contributed by atoms with Gasteiger partial charge in [-0.15, -0.1) is 0 Å². The molecule has 0 bridgehead atoms. The maximum Gasteiger partial charge on any atom is 0.316 e. The topological polar surface area (TPSA) is 47.0 Å². The molecule has 0 fully saturated rings. The van der Waals surface area contributed by atoms with Crippen LogP contribution in [0.2, 0.25) is 5.02 Å². The molecule has 0 saturated carbocycles. The first kappa shape index (κ1) is 13.8. The van der Waals surface area contributed by atoms with Gasteiger partial charge < -0.3 is 10.1 Å². The van der Waals surface area contributed by atoms with Gasteiger partial charge in [-0.3, -0.25) is 0 Å². The predicted octanol–water partition coefficient (Wildman–Crippen LogP) is 2.74. The zero-order chi connectivity index (χ0) is 13.7. The highest BCUT2D eigenvalue weighted by molar-refractivity contribution is 6.30. The molecule has 0 aliphatic carbocycles. The van der Waals surface area contributed by atoms with Gasteiger partial charge in [0.15, 0.2) is 0 Å². The number of nitrogens with one attached hydrogen (secondary N) is 1. The van der Waals surface area contributed by atoms with E-state index >= 15 is 0 Å². The van der Waals surface area contributed by atoms with Crippen molar-refractivity contribution >= 4 is 11.6 Å². The largest absolute Gasteiger partial charge is 0.459 e. The average Bonchev–Trinajstić information content (AvgIpc) is 2.39. The number of halogens is 1. The smallest absolute Gasteiger partial charge is 0.316 e. The molecular weight excluding hydrogens is 262 g/mol. The number of benzene rings is 1. The van der Waals surface area contributed by atoms with E-state index in [9.17, 15) is 0 Å². The van der Waals surface area contributed by atoms with Gasteiger partial charge in [-0.05, 0) is 31.7 Å². The summed E-state index contributed by atoms with van der Waals surface area (Å²) in [6, 6.07) is 7.93. The third kappa shape index (κ3) is 3.91. The molecule has 0 radical (unpaired) electrons. The number of nitrogens with zero attached hydrogens (tertiary/aromatic N) is 2. The van der Waals surface area contributed by atoms with Crippen molar-refractivity contribution in [2.45, 2.75) is 20.1 Å². The molecule has 0 spiro atoms. The number of rotatable bonds is 5. The number of hydrogen-bond donors (Lipinski definition) is 1.